The molecule has 0 bridgehead atoms. The molecule has 0 fully saturated rings. The molecular weight excluding hydrogens is 258 g/mol. The quantitative estimate of drug-likeness (QED) is 0.828. The number of ether oxygens (including phenoxy) is 1. The zero-order chi connectivity index (χ0) is 13.8. The van der Waals surface area contributed by atoms with Crippen molar-refractivity contribution in [3.05, 3.63) is 24.3 Å². The SMILES string of the molecule is CCN(CC(=O)O)S(=O)(=O)c1cccc(OC)c1. The number of carboxylic acids is 1. The lowest BCUT2D eigenvalue weighted by Crippen LogP contribution is -2.35. The van der Waals surface area contributed by atoms with E-state index in [9.17, 15) is 13.2 Å². The zero-order valence-electron chi connectivity index (χ0n) is 10.2. The largest absolute Gasteiger partial charge is 0.497 e. The van der Waals surface area contributed by atoms with E-state index in [0.29, 0.717) is 5.75 Å². The Balaban J connectivity index is 3.14. The van der Waals surface area contributed by atoms with Crippen LogP contribution in [-0.4, -0.2) is 44.0 Å². The maximum absolute atomic E-state index is 12.2. The highest BCUT2D eigenvalue weighted by atomic mass is 32.2. The van der Waals surface area contributed by atoms with E-state index in [2.05, 4.69) is 0 Å². The van der Waals surface area contributed by atoms with E-state index >= 15 is 0 Å². The molecule has 1 rings (SSSR count). The average molecular weight is 273 g/mol. The fourth-order valence-corrected chi connectivity index (χ4v) is 2.86. The molecule has 0 aromatic heterocycles. The molecule has 100 valence electrons. The first kappa shape index (κ1) is 14.5. The smallest absolute Gasteiger partial charge is 0.318 e. The van der Waals surface area contributed by atoms with E-state index in [-0.39, 0.29) is 11.4 Å². The Morgan fingerprint density at radius 1 is 1.44 bits per heavy atom. The van der Waals surface area contributed by atoms with E-state index in [1.807, 2.05) is 0 Å². The number of hydrogen-bond acceptors (Lipinski definition) is 4. The molecule has 0 aliphatic rings. The molecule has 0 atom stereocenters. The van der Waals surface area contributed by atoms with Crippen molar-refractivity contribution in [2.45, 2.75) is 11.8 Å². The molecule has 0 heterocycles. The normalized spacial score (nSPS) is 11.5. The average Bonchev–Trinajstić information content (AvgIpc) is 2.35. The van der Waals surface area contributed by atoms with Crippen LogP contribution in [0.15, 0.2) is 29.2 Å². The predicted molar refractivity (Wildman–Crippen MR) is 65.1 cm³/mol. The highest BCUT2D eigenvalue weighted by molar-refractivity contribution is 7.89. The Bertz CT molecular complexity index is 526. The van der Waals surface area contributed by atoms with Gasteiger partial charge in [0, 0.05) is 12.6 Å². The third kappa shape index (κ3) is 3.21. The van der Waals surface area contributed by atoms with Crippen LogP contribution in [0.2, 0.25) is 0 Å². The number of likely N-dealkylation sites (N-methyl/N-ethyl adjacent to an activating group) is 1. The van der Waals surface area contributed by atoms with Crippen LogP contribution in [0.5, 0.6) is 5.75 Å². The van der Waals surface area contributed by atoms with Crippen LogP contribution in [0.25, 0.3) is 0 Å². The molecule has 7 heteroatoms. The van der Waals surface area contributed by atoms with Crippen LogP contribution in [0, 0.1) is 0 Å². The van der Waals surface area contributed by atoms with Gasteiger partial charge in [-0.25, -0.2) is 8.42 Å². The van der Waals surface area contributed by atoms with Gasteiger partial charge in [-0.3, -0.25) is 4.79 Å². The number of methoxy groups -OCH3 is 1. The third-order valence-electron chi connectivity index (χ3n) is 2.34. The van der Waals surface area contributed by atoms with E-state index in [1.54, 1.807) is 19.1 Å². The van der Waals surface area contributed by atoms with Crippen molar-refractivity contribution >= 4 is 16.0 Å². The number of rotatable bonds is 6. The molecular formula is C11H15NO5S. The molecule has 0 aliphatic heterocycles. The van der Waals surface area contributed by atoms with E-state index in [0.717, 1.165) is 4.31 Å². The van der Waals surface area contributed by atoms with Crippen LogP contribution in [0.1, 0.15) is 6.92 Å². The topological polar surface area (TPSA) is 83.9 Å². The summed E-state index contributed by atoms with van der Waals surface area (Å²) in [6.07, 6.45) is 0. The lowest BCUT2D eigenvalue weighted by molar-refractivity contribution is -0.137. The lowest BCUT2D eigenvalue weighted by atomic mass is 10.3. The van der Waals surface area contributed by atoms with Crippen molar-refractivity contribution in [2.75, 3.05) is 20.2 Å². The minimum atomic E-state index is -3.81. The molecule has 1 N–H and O–H groups in total. The third-order valence-corrected chi connectivity index (χ3v) is 4.26. The first-order chi connectivity index (χ1) is 8.41. The zero-order valence-corrected chi connectivity index (χ0v) is 11.0. The summed E-state index contributed by atoms with van der Waals surface area (Å²) < 4.78 is 30.2. The standard InChI is InChI=1S/C11H15NO5S/c1-3-12(8-11(13)14)18(15,16)10-6-4-5-9(7-10)17-2/h4-7H,3,8H2,1-2H3,(H,13,14). The maximum atomic E-state index is 12.2. The molecule has 0 spiro atoms. The van der Waals surface area contributed by atoms with Crippen LogP contribution in [0.3, 0.4) is 0 Å². The van der Waals surface area contributed by atoms with Gasteiger partial charge < -0.3 is 9.84 Å². The number of aliphatic carboxylic acids is 1. The van der Waals surface area contributed by atoms with E-state index in [1.165, 1.54) is 19.2 Å². The van der Waals surface area contributed by atoms with Gasteiger partial charge in [0.1, 0.15) is 12.3 Å². The Morgan fingerprint density at radius 3 is 2.61 bits per heavy atom. The number of carboxylic acid groups (broad SMARTS) is 1. The minimum Gasteiger partial charge on any atom is -0.497 e. The Kier molecular flexibility index (Phi) is 4.69. The Labute approximate surface area is 106 Å². The van der Waals surface area contributed by atoms with Gasteiger partial charge in [-0.15, -0.1) is 0 Å². The summed E-state index contributed by atoms with van der Waals surface area (Å²) in [4.78, 5) is 10.7. The molecule has 6 nitrogen and oxygen atoms in total. The summed E-state index contributed by atoms with van der Waals surface area (Å²) in [5.41, 5.74) is 0. The second-order valence-electron chi connectivity index (χ2n) is 3.50. The predicted octanol–water partition coefficient (Wildman–Crippen LogP) is 0.790. The van der Waals surface area contributed by atoms with Gasteiger partial charge in [-0.1, -0.05) is 13.0 Å². The van der Waals surface area contributed by atoms with Gasteiger partial charge in [0.2, 0.25) is 10.0 Å². The van der Waals surface area contributed by atoms with Gasteiger partial charge in [0.25, 0.3) is 0 Å². The minimum absolute atomic E-state index is 0.0185. The van der Waals surface area contributed by atoms with E-state index < -0.39 is 22.5 Å². The van der Waals surface area contributed by atoms with Gasteiger partial charge in [0.15, 0.2) is 0 Å². The van der Waals surface area contributed by atoms with Crippen molar-refractivity contribution in [3.63, 3.8) is 0 Å². The van der Waals surface area contributed by atoms with Gasteiger partial charge in [0.05, 0.1) is 12.0 Å². The molecule has 0 saturated carbocycles. The summed E-state index contributed by atoms with van der Waals surface area (Å²) in [6, 6.07) is 5.93. The molecule has 0 saturated heterocycles. The number of benzene rings is 1. The lowest BCUT2D eigenvalue weighted by Gasteiger charge is -2.18. The van der Waals surface area contributed by atoms with Crippen LogP contribution in [-0.2, 0) is 14.8 Å². The summed E-state index contributed by atoms with van der Waals surface area (Å²) in [7, 11) is -2.38. The highest BCUT2D eigenvalue weighted by Crippen LogP contribution is 2.20. The molecule has 0 radical (unpaired) electrons. The monoisotopic (exact) mass is 273 g/mol. The fraction of sp³-hybridized carbons (Fsp3) is 0.364. The highest BCUT2D eigenvalue weighted by Gasteiger charge is 2.25. The molecule has 1 aromatic carbocycles. The second kappa shape index (κ2) is 5.83. The maximum Gasteiger partial charge on any atom is 0.318 e. The molecule has 1 aromatic rings. The molecule has 0 aliphatic carbocycles. The van der Waals surface area contributed by atoms with Gasteiger partial charge in [-0.05, 0) is 12.1 Å². The Morgan fingerprint density at radius 2 is 2.11 bits per heavy atom. The van der Waals surface area contributed by atoms with Crippen molar-refractivity contribution in [1.29, 1.82) is 0 Å². The number of hydrogen-bond donors (Lipinski definition) is 1. The number of sulfonamides is 1. The summed E-state index contributed by atoms with van der Waals surface area (Å²) in [5, 5.41) is 8.70. The number of carbonyl (C=O) groups is 1. The first-order valence-corrected chi connectivity index (χ1v) is 6.71. The van der Waals surface area contributed by atoms with Crippen LogP contribution >= 0.6 is 0 Å². The molecule has 0 amide bonds. The van der Waals surface area contributed by atoms with Crippen molar-refractivity contribution < 1.29 is 23.1 Å². The van der Waals surface area contributed by atoms with E-state index in [4.69, 9.17) is 9.84 Å². The van der Waals surface area contributed by atoms with Crippen LogP contribution in [0.4, 0.5) is 0 Å². The fourth-order valence-electron chi connectivity index (χ4n) is 1.43. The van der Waals surface area contributed by atoms with Crippen molar-refractivity contribution in [1.82, 2.24) is 4.31 Å². The second-order valence-corrected chi connectivity index (χ2v) is 5.44. The van der Waals surface area contributed by atoms with Gasteiger partial charge in [-0.2, -0.15) is 4.31 Å². The van der Waals surface area contributed by atoms with Crippen LogP contribution < -0.4 is 4.74 Å². The number of nitrogens with zero attached hydrogens (tertiary/aromatic N) is 1. The van der Waals surface area contributed by atoms with Crippen molar-refractivity contribution in [2.24, 2.45) is 0 Å². The summed E-state index contributed by atoms with van der Waals surface area (Å²) in [6.45, 7) is 1.11. The molecule has 0 unspecified atom stereocenters. The Hall–Kier alpha value is -1.60. The molecule has 18 heavy (non-hydrogen) atoms. The summed E-state index contributed by atoms with van der Waals surface area (Å²) >= 11 is 0. The first-order valence-electron chi connectivity index (χ1n) is 5.27. The van der Waals surface area contributed by atoms with Gasteiger partial charge >= 0.3 is 5.97 Å². The summed E-state index contributed by atoms with van der Waals surface area (Å²) in [5.74, 6) is -0.786. The van der Waals surface area contributed by atoms with Crippen molar-refractivity contribution in [3.8, 4) is 5.75 Å².